The lowest BCUT2D eigenvalue weighted by atomic mass is 9.91. The number of likely N-dealkylation sites (tertiary alicyclic amines) is 3. The Morgan fingerprint density at radius 2 is 0.876 bits per heavy atom. The van der Waals surface area contributed by atoms with Crippen LogP contribution >= 0.6 is 0 Å². The number of benzene rings is 3. The van der Waals surface area contributed by atoms with Crippen LogP contribution in [-0.4, -0.2) is 137 Å². The van der Waals surface area contributed by atoms with E-state index < -0.39 is 0 Å². The molecule has 0 amide bonds. The van der Waals surface area contributed by atoms with Crippen LogP contribution in [0.3, 0.4) is 0 Å². The number of ketones is 3. The number of rotatable bonds is 14. The van der Waals surface area contributed by atoms with Crippen LogP contribution in [0.15, 0.2) is 110 Å². The first-order valence-corrected chi connectivity index (χ1v) is 30.9. The highest BCUT2D eigenvalue weighted by Crippen LogP contribution is 2.35. The summed E-state index contributed by atoms with van der Waals surface area (Å²) in [6.45, 7) is 45.0. The third-order valence-electron chi connectivity index (χ3n) is 17.3. The summed E-state index contributed by atoms with van der Waals surface area (Å²) in [5.74, 6) is 2.17. The predicted molar refractivity (Wildman–Crippen MR) is 351 cm³/mol. The molecule has 0 saturated carbocycles. The van der Waals surface area contributed by atoms with E-state index in [1.54, 1.807) is 18.3 Å². The second-order valence-corrected chi connectivity index (χ2v) is 24.3. The molecule has 456 valence electrons. The van der Waals surface area contributed by atoms with Gasteiger partial charge in [-0.3, -0.25) is 39.1 Å². The Hall–Kier alpha value is -9.15. The van der Waals surface area contributed by atoms with E-state index in [9.17, 15) is 19.5 Å². The van der Waals surface area contributed by atoms with Gasteiger partial charge in [0.05, 0.1) is 108 Å². The van der Waals surface area contributed by atoms with Crippen molar-refractivity contribution in [1.29, 1.82) is 0 Å². The van der Waals surface area contributed by atoms with Gasteiger partial charge in [0.1, 0.15) is 5.75 Å². The smallest absolute Gasteiger partial charge is 0.187 e. The van der Waals surface area contributed by atoms with Crippen LogP contribution < -0.4 is 4.74 Å². The zero-order valence-corrected chi connectivity index (χ0v) is 52.4. The number of aliphatic hydroxyl groups is 1. The van der Waals surface area contributed by atoms with E-state index in [0.717, 1.165) is 105 Å². The minimum Gasteiger partial charge on any atom is -0.492 e. The number of carbonyl (C=O) groups is 3. The van der Waals surface area contributed by atoms with E-state index in [1.807, 2.05) is 125 Å². The van der Waals surface area contributed by atoms with E-state index in [1.165, 1.54) is 25.7 Å². The van der Waals surface area contributed by atoms with Crippen LogP contribution in [0.4, 0.5) is 17.1 Å². The van der Waals surface area contributed by atoms with Gasteiger partial charge in [-0.25, -0.2) is 19.5 Å². The molecule has 3 aliphatic heterocycles. The van der Waals surface area contributed by atoms with Gasteiger partial charge in [-0.1, -0.05) is 56.7 Å². The molecule has 0 radical (unpaired) electrons. The lowest BCUT2D eigenvalue weighted by molar-refractivity contribution is 0.0711. The monoisotopic (exact) mass is 1190 g/mol. The Bertz CT molecular complexity index is 4190. The van der Waals surface area contributed by atoms with E-state index in [-0.39, 0.29) is 23.5 Å². The number of hydrogen-bond acceptors (Lipinski definition) is 11. The molecule has 89 heavy (non-hydrogen) atoms. The van der Waals surface area contributed by atoms with Crippen LogP contribution in [-0.2, 0) is 0 Å². The number of piperidine rings is 3. The van der Waals surface area contributed by atoms with E-state index in [4.69, 9.17) is 24.5 Å². The first-order chi connectivity index (χ1) is 43.0. The number of aryl methyl sites for hydroxylation is 2. The Morgan fingerprint density at radius 1 is 0.517 bits per heavy atom. The summed E-state index contributed by atoms with van der Waals surface area (Å²) in [5, 5.41) is 9.74. The Morgan fingerprint density at radius 3 is 1.26 bits per heavy atom. The maximum atomic E-state index is 13.5. The highest BCUT2D eigenvalue weighted by Gasteiger charge is 2.30. The fraction of sp³-hybridized carbons (Fsp3) is 0.375. The second kappa shape index (κ2) is 27.9. The Labute approximate surface area is 521 Å². The lowest BCUT2D eigenvalue weighted by Crippen LogP contribution is -2.41. The average molecular weight is 1190 g/mol. The fourth-order valence-corrected chi connectivity index (χ4v) is 13.3. The maximum absolute atomic E-state index is 13.5. The van der Waals surface area contributed by atoms with Crippen molar-refractivity contribution in [3.05, 3.63) is 189 Å². The molecule has 3 fully saturated rings. The predicted octanol–water partition coefficient (Wildman–Crippen LogP) is 14.1. The van der Waals surface area contributed by atoms with Crippen molar-refractivity contribution in [2.24, 2.45) is 11.8 Å². The largest absolute Gasteiger partial charge is 0.492 e. The molecule has 3 aromatic carbocycles. The molecular formula is C72H78N12O5. The molecule has 3 aliphatic rings. The first-order valence-electron chi connectivity index (χ1n) is 30.9. The summed E-state index contributed by atoms with van der Waals surface area (Å²) in [4.78, 5) is 71.0. The third kappa shape index (κ3) is 13.9. The van der Waals surface area contributed by atoms with Gasteiger partial charge in [0.25, 0.3) is 0 Å². The van der Waals surface area contributed by atoms with Crippen molar-refractivity contribution < 1.29 is 24.2 Å². The highest BCUT2D eigenvalue weighted by molar-refractivity contribution is 6.11. The number of ether oxygens (including phenoxy) is 1. The fourth-order valence-electron chi connectivity index (χ4n) is 13.3. The standard InChI is InChI=1S/C25H28N4O.C24H26N4O3.C23H24N4O/c1-16-11-22-25(27-12-16)24(23(30)15-28-13-17(2)10-18(3)14-28)19(4)29(22)21-8-6-20(26-5)7-9-21;1-4-31-20-13-21-24(26-14-20)23(22(30)15-27-11-9-19(29)10-12-27)16(2)28(21)18-7-5-17(25-3)6-8-18;1-16-13-20-23(25-14-16)22(21(28)15-26-11-5-4-6-12-26)17(2)27(20)19-9-7-18(24-3)8-10-19/h6-9,11-12,17-18H,10,13-15H2,1-4H3;5-8,13-14,19,29H,4,9-12,15H2,1-2H3;7-10,13-14H,4-6,11-12,15H2,1-2H3/t17-,18-;;/m0../s1. The number of aromatic nitrogens is 6. The lowest BCUT2D eigenvalue weighted by Gasteiger charge is -2.34. The zero-order chi connectivity index (χ0) is 63.0. The molecule has 0 unspecified atom stereocenters. The SMILES string of the molecule is [C-]#[N+]c1ccc(-n2c(C)c(C(=O)CN3CCC(O)CC3)c3ncc(OCC)cc32)cc1.[C-]#[N+]c1ccc(-n2c(C)c(C(=O)CN3CCCCC3)c3ncc(C)cc32)cc1.[C-]#[N+]c1ccc(-n2c(C)c(C(=O)CN3C[C@@H](C)C[C@H](C)C3)c3ncc(C)cc32)cc1. The van der Waals surface area contributed by atoms with Gasteiger partial charge in [0.2, 0.25) is 0 Å². The Balaban J connectivity index is 0.000000147. The molecule has 9 heterocycles. The number of aliphatic hydroxyl groups excluding tert-OH is 1. The summed E-state index contributed by atoms with van der Waals surface area (Å²) in [7, 11) is 0. The Kier molecular flexibility index (Phi) is 19.7. The normalized spacial score (nSPS) is 16.6. The molecule has 12 rings (SSSR count). The highest BCUT2D eigenvalue weighted by atomic mass is 16.5. The summed E-state index contributed by atoms with van der Waals surface area (Å²) in [6.07, 6.45) is 11.2. The van der Waals surface area contributed by atoms with Gasteiger partial charge in [-0.2, -0.15) is 0 Å². The van der Waals surface area contributed by atoms with Gasteiger partial charge >= 0.3 is 0 Å². The van der Waals surface area contributed by atoms with Crippen molar-refractivity contribution in [3.63, 3.8) is 0 Å². The van der Waals surface area contributed by atoms with Crippen LogP contribution in [0.2, 0.25) is 0 Å². The summed E-state index contributed by atoms with van der Waals surface area (Å²) < 4.78 is 11.8. The number of hydrogen-bond donors (Lipinski definition) is 1. The summed E-state index contributed by atoms with van der Waals surface area (Å²) in [6, 6.07) is 28.4. The molecule has 17 heteroatoms. The number of fused-ring (bicyclic) bond motifs is 3. The van der Waals surface area contributed by atoms with E-state index in [2.05, 4.69) is 79.3 Å². The molecule has 0 bridgehead atoms. The van der Waals surface area contributed by atoms with Gasteiger partial charge in [-0.15, -0.1) is 0 Å². The van der Waals surface area contributed by atoms with Crippen molar-refractivity contribution in [3.8, 4) is 22.8 Å². The van der Waals surface area contributed by atoms with Crippen molar-refractivity contribution in [2.75, 3.05) is 65.5 Å². The summed E-state index contributed by atoms with van der Waals surface area (Å²) in [5.41, 5.74) is 16.2. The van der Waals surface area contributed by atoms with E-state index >= 15 is 0 Å². The van der Waals surface area contributed by atoms with Crippen LogP contribution in [0.25, 0.3) is 64.7 Å². The van der Waals surface area contributed by atoms with Crippen LogP contribution in [0.5, 0.6) is 5.75 Å². The topological polar surface area (TPSA) is 157 Å². The molecule has 3 saturated heterocycles. The molecule has 9 aromatic rings. The van der Waals surface area contributed by atoms with Gasteiger partial charge in [-0.05, 0) is 158 Å². The van der Waals surface area contributed by atoms with Crippen LogP contribution in [0, 0.1) is 66.2 Å². The van der Waals surface area contributed by atoms with Crippen LogP contribution in [0.1, 0.15) is 119 Å². The van der Waals surface area contributed by atoms with Gasteiger partial charge in [0, 0.05) is 78.8 Å². The van der Waals surface area contributed by atoms with Crippen molar-refractivity contribution in [1.82, 2.24) is 43.4 Å². The summed E-state index contributed by atoms with van der Waals surface area (Å²) >= 11 is 0. The van der Waals surface area contributed by atoms with Gasteiger partial charge < -0.3 is 23.5 Å². The maximum Gasteiger partial charge on any atom is 0.187 e. The quantitative estimate of drug-likeness (QED) is 0.0816. The molecule has 0 spiro atoms. The first kappa shape index (κ1) is 62.9. The number of carbonyl (C=O) groups excluding carboxylic acids is 3. The zero-order valence-electron chi connectivity index (χ0n) is 52.4. The molecule has 17 nitrogen and oxygen atoms in total. The molecule has 0 aliphatic carbocycles. The second-order valence-electron chi connectivity index (χ2n) is 24.3. The molecular weight excluding hydrogens is 1110 g/mol. The van der Waals surface area contributed by atoms with Gasteiger partial charge in [0.15, 0.2) is 34.4 Å². The minimum atomic E-state index is -0.271. The van der Waals surface area contributed by atoms with E-state index in [0.29, 0.717) is 103 Å². The molecule has 1 N–H and O–H groups in total. The van der Waals surface area contributed by atoms with Crippen molar-refractivity contribution in [2.45, 2.75) is 100 Å². The minimum absolute atomic E-state index is 0.0204. The molecule has 2 atom stereocenters. The number of Topliss-reactive ketones (excluding diaryl/α,β-unsaturated/α-hetero) is 3. The average Bonchev–Trinajstić information content (AvgIpc) is 1.65. The van der Waals surface area contributed by atoms with Crippen molar-refractivity contribution >= 4 is 67.5 Å². The number of nitrogens with zero attached hydrogens (tertiary/aromatic N) is 12. The number of pyridine rings is 3. The third-order valence-corrected chi connectivity index (χ3v) is 17.3. The molecule has 6 aromatic heterocycles.